The number of barbiturate groups is 1. The SMILES string of the molecule is CCOc1ccc(/C=C2\C(=O)NC(=O)N(c3cc(C)ccc3C)C2=O)cc1. The van der Waals surface area contributed by atoms with Gasteiger partial charge in [-0.25, -0.2) is 9.69 Å². The number of carbonyl (C=O) groups excluding carboxylic acids is 3. The van der Waals surface area contributed by atoms with Crippen LogP contribution in [0.1, 0.15) is 23.6 Å². The van der Waals surface area contributed by atoms with Crippen molar-refractivity contribution in [2.75, 3.05) is 11.5 Å². The molecule has 0 saturated carbocycles. The molecule has 1 fully saturated rings. The van der Waals surface area contributed by atoms with Crippen molar-refractivity contribution in [3.8, 4) is 5.75 Å². The maximum absolute atomic E-state index is 12.9. The summed E-state index contributed by atoms with van der Waals surface area (Å²) < 4.78 is 5.39. The Bertz CT molecular complexity index is 945. The van der Waals surface area contributed by atoms with Crippen LogP contribution in [0.4, 0.5) is 10.5 Å². The molecule has 2 aromatic carbocycles. The summed E-state index contributed by atoms with van der Waals surface area (Å²) >= 11 is 0. The summed E-state index contributed by atoms with van der Waals surface area (Å²) in [5.41, 5.74) is 2.69. The molecule has 0 aliphatic carbocycles. The van der Waals surface area contributed by atoms with E-state index < -0.39 is 17.8 Å². The zero-order valence-electron chi connectivity index (χ0n) is 15.4. The number of rotatable bonds is 4. The zero-order valence-corrected chi connectivity index (χ0v) is 15.4. The Morgan fingerprint density at radius 2 is 1.74 bits per heavy atom. The molecule has 4 amide bonds. The number of aryl methyl sites for hydroxylation is 2. The summed E-state index contributed by atoms with van der Waals surface area (Å²) in [6.07, 6.45) is 1.47. The van der Waals surface area contributed by atoms with Gasteiger partial charge >= 0.3 is 6.03 Å². The first-order valence-electron chi connectivity index (χ1n) is 8.62. The Morgan fingerprint density at radius 3 is 2.41 bits per heavy atom. The van der Waals surface area contributed by atoms with E-state index in [2.05, 4.69) is 5.32 Å². The topological polar surface area (TPSA) is 75.7 Å². The van der Waals surface area contributed by atoms with Crippen LogP contribution in [0.3, 0.4) is 0 Å². The number of nitrogens with zero attached hydrogens (tertiary/aromatic N) is 1. The van der Waals surface area contributed by atoms with Crippen LogP contribution >= 0.6 is 0 Å². The van der Waals surface area contributed by atoms with E-state index in [1.165, 1.54) is 6.08 Å². The van der Waals surface area contributed by atoms with Crippen molar-refractivity contribution in [3.05, 3.63) is 64.7 Å². The van der Waals surface area contributed by atoms with Crippen molar-refractivity contribution in [1.29, 1.82) is 0 Å². The largest absolute Gasteiger partial charge is 0.494 e. The van der Waals surface area contributed by atoms with Gasteiger partial charge in [0.1, 0.15) is 11.3 Å². The third-order valence-electron chi connectivity index (χ3n) is 4.21. The van der Waals surface area contributed by atoms with Crippen LogP contribution in [0, 0.1) is 13.8 Å². The number of hydrogen-bond acceptors (Lipinski definition) is 4. The molecule has 27 heavy (non-hydrogen) atoms. The maximum atomic E-state index is 12.9. The fourth-order valence-corrected chi connectivity index (χ4v) is 2.83. The molecule has 0 aromatic heterocycles. The van der Waals surface area contributed by atoms with E-state index in [1.54, 1.807) is 30.3 Å². The first-order valence-corrected chi connectivity index (χ1v) is 8.62. The van der Waals surface area contributed by atoms with Crippen molar-refractivity contribution in [1.82, 2.24) is 5.32 Å². The van der Waals surface area contributed by atoms with E-state index in [-0.39, 0.29) is 5.57 Å². The van der Waals surface area contributed by atoms with Gasteiger partial charge < -0.3 is 4.74 Å². The second-order valence-corrected chi connectivity index (χ2v) is 6.25. The van der Waals surface area contributed by atoms with Crippen LogP contribution < -0.4 is 15.0 Å². The molecule has 138 valence electrons. The third kappa shape index (κ3) is 3.74. The highest BCUT2D eigenvalue weighted by Gasteiger charge is 2.37. The zero-order chi connectivity index (χ0) is 19.6. The molecule has 1 aliphatic rings. The molecule has 1 aliphatic heterocycles. The molecule has 6 nitrogen and oxygen atoms in total. The van der Waals surface area contributed by atoms with Crippen LogP contribution in [0.2, 0.25) is 0 Å². The van der Waals surface area contributed by atoms with Gasteiger partial charge in [0, 0.05) is 0 Å². The number of nitrogens with one attached hydrogen (secondary N) is 1. The smallest absolute Gasteiger partial charge is 0.335 e. The van der Waals surface area contributed by atoms with Gasteiger partial charge in [0.05, 0.1) is 12.3 Å². The standard InChI is InChI=1S/C21H20N2O4/c1-4-27-16-9-7-15(8-10-16)12-17-19(24)22-21(26)23(20(17)25)18-11-13(2)5-6-14(18)3/h5-12H,4H2,1-3H3,(H,22,24,26)/b17-12+. The molecule has 3 rings (SSSR count). The minimum atomic E-state index is -0.748. The fourth-order valence-electron chi connectivity index (χ4n) is 2.83. The average Bonchev–Trinajstić information content (AvgIpc) is 2.63. The number of ether oxygens (including phenoxy) is 1. The minimum Gasteiger partial charge on any atom is -0.494 e. The van der Waals surface area contributed by atoms with E-state index in [0.717, 1.165) is 16.0 Å². The molecule has 0 radical (unpaired) electrons. The lowest BCUT2D eigenvalue weighted by Crippen LogP contribution is -2.54. The number of carbonyl (C=O) groups is 3. The Kier molecular flexibility index (Phi) is 5.07. The molecule has 2 aromatic rings. The van der Waals surface area contributed by atoms with Crippen LogP contribution in [0.25, 0.3) is 6.08 Å². The first-order chi connectivity index (χ1) is 12.9. The highest BCUT2D eigenvalue weighted by Crippen LogP contribution is 2.26. The van der Waals surface area contributed by atoms with Crippen LogP contribution in [0.15, 0.2) is 48.0 Å². The Morgan fingerprint density at radius 1 is 1.04 bits per heavy atom. The van der Waals surface area contributed by atoms with Gasteiger partial charge in [0.15, 0.2) is 0 Å². The van der Waals surface area contributed by atoms with Crippen LogP contribution in [0.5, 0.6) is 5.75 Å². The number of amides is 4. The second-order valence-electron chi connectivity index (χ2n) is 6.25. The van der Waals surface area contributed by atoms with Gasteiger partial charge in [-0.15, -0.1) is 0 Å². The predicted octanol–water partition coefficient (Wildman–Crippen LogP) is 3.37. The Hall–Kier alpha value is -3.41. The number of urea groups is 1. The molecular formula is C21H20N2O4. The average molecular weight is 364 g/mol. The molecule has 0 bridgehead atoms. The number of anilines is 1. The summed E-state index contributed by atoms with van der Waals surface area (Å²) in [4.78, 5) is 38.5. The highest BCUT2D eigenvalue weighted by atomic mass is 16.5. The summed E-state index contributed by atoms with van der Waals surface area (Å²) in [7, 11) is 0. The van der Waals surface area contributed by atoms with E-state index in [4.69, 9.17) is 4.74 Å². The molecular weight excluding hydrogens is 344 g/mol. The van der Waals surface area contributed by atoms with E-state index in [0.29, 0.717) is 23.6 Å². The third-order valence-corrected chi connectivity index (χ3v) is 4.21. The summed E-state index contributed by atoms with van der Waals surface area (Å²) in [5, 5.41) is 2.24. The number of benzene rings is 2. The molecule has 6 heteroatoms. The van der Waals surface area contributed by atoms with Gasteiger partial charge in [-0.2, -0.15) is 0 Å². The molecule has 1 heterocycles. The van der Waals surface area contributed by atoms with E-state index >= 15 is 0 Å². The van der Waals surface area contributed by atoms with Gasteiger partial charge in [-0.3, -0.25) is 14.9 Å². The lowest BCUT2D eigenvalue weighted by molar-refractivity contribution is -0.122. The van der Waals surface area contributed by atoms with E-state index in [9.17, 15) is 14.4 Å². The number of hydrogen-bond donors (Lipinski definition) is 1. The first kappa shape index (κ1) is 18.4. The lowest BCUT2D eigenvalue weighted by Gasteiger charge is -2.27. The van der Waals surface area contributed by atoms with Crippen LogP contribution in [-0.4, -0.2) is 24.5 Å². The Labute approximate surface area is 157 Å². The summed E-state index contributed by atoms with van der Waals surface area (Å²) in [5.74, 6) is -0.655. The quantitative estimate of drug-likeness (QED) is 0.667. The van der Waals surface area contributed by atoms with Crippen molar-refractivity contribution in [3.63, 3.8) is 0 Å². The highest BCUT2D eigenvalue weighted by molar-refractivity contribution is 6.39. The fraction of sp³-hybridized carbons (Fsp3) is 0.190. The predicted molar refractivity (Wildman–Crippen MR) is 103 cm³/mol. The van der Waals surface area contributed by atoms with Crippen molar-refractivity contribution in [2.45, 2.75) is 20.8 Å². The van der Waals surface area contributed by atoms with Gasteiger partial charge in [0.25, 0.3) is 11.8 Å². The molecule has 0 unspecified atom stereocenters. The van der Waals surface area contributed by atoms with Gasteiger partial charge in [0.2, 0.25) is 0 Å². The molecule has 0 atom stereocenters. The monoisotopic (exact) mass is 364 g/mol. The molecule has 1 saturated heterocycles. The van der Waals surface area contributed by atoms with Crippen LogP contribution in [-0.2, 0) is 9.59 Å². The maximum Gasteiger partial charge on any atom is 0.335 e. The van der Waals surface area contributed by atoms with E-state index in [1.807, 2.05) is 32.9 Å². The summed E-state index contributed by atoms with van der Waals surface area (Å²) in [6.45, 7) is 6.12. The number of imide groups is 2. The Balaban J connectivity index is 1.98. The van der Waals surface area contributed by atoms with Crippen molar-refractivity contribution in [2.24, 2.45) is 0 Å². The minimum absolute atomic E-state index is 0.0975. The normalized spacial score (nSPS) is 15.9. The molecule has 1 N–H and O–H groups in total. The molecule has 0 spiro atoms. The van der Waals surface area contributed by atoms with Crippen molar-refractivity contribution < 1.29 is 19.1 Å². The lowest BCUT2D eigenvalue weighted by atomic mass is 10.0. The second kappa shape index (κ2) is 7.45. The van der Waals surface area contributed by atoms with Gasteiger partial charge in [-0.1, -0.05) is 24.3 Å². The van der Waals surface area contributed by atoms with Crippen molar-refractivity contribution >= 4 is 29.6 Å². The van der Waals surface area contributed by atoms with Gasteiger partial charge in [-0.05, 0) is 61.7 Å². The summed E-state index contributed by atoms with van der Waals surface area (Å²) in [6, 6.07) is 11.7.